The fourth-order valence-corrected chi connectivity index (χ4v) is 5.03. The highest BCUT2D eigenvalue weighted by Crippen LogP contribution is 2.47. The van der Waals surface area contributed by atoms with Crippen LogP contribution in [0.3, 0.4) is 0 Å². The molecule has 7 nitrogen and oxygen atoms in total. The summed E-state index contributed by atoms with van der Waals surface area (Å²) in [4.78, 5) is 35.9. The number of nitrogens with zero attached hydrogens (tertiary/aromatic N) is 4. The van der Waals surface area contributed by atoms with Gasteiger partial charge in [-0.05, 0) is 79.8 Å². The number of anilines is 2. The topological polar surface area (TPSA) is 66.0 Å². The van der Waals surface area contributed by atoms with Crippen molar-refractivity contribution < 1.29 is 14.3 Å². The molecule has 4 fully saturated rings. The largest absolute Gasteiger partial charge is 0.447 e. The van der Waals surface area contributed by atoms with Gasteiger partial charge >= 0.3 is 6.09 Å². The van der Waals surface area contributed by atoms with E-state index in [1.54, 1.807) is 4.90 Å². The molecule has 2 amide bonds. The number of amides is 2. The van der Waals surface area contributed by atoms with E-state index in [1.165, 1.54) is 36.8 Å². The molecule has 2 aliphatic carbocycles. The Morgan fingerprint density at radius 3 is 2.26 bits per heavy atom. The Bertz CT molecular complexity index is 1080. The highest BCUT2D eigenvalue weighted by molar-refractivity contribution is 5.96. The molecule has 2 saturated carbocycles. The molecule has 0 spiro atoms. The number of halogens is 1. The van der Waals surface area contributed by atoms with E-state index in [0.29, 0.717) is 31.2 Å². The number of ether oxygens (including phenoxy) is 1. The van der Waals surface area contributed by atoms with Gasteiger partial charge in [-0.2, -0.15) is 0 Å². The number of benzene rings is 1. The van der Waals surface area contributed by atoms with Crippen molar-refractivity contribution >= 4 is 35.9 Å². The van der Waals surface area contributed by atoms with E-state index in [0.717, 1.165) is 30.5 Å². The smallest absolute Gasteiger partial charge is 0.414 e. The number of carbonyl (C=O) groups is 2. The van der Waals surface area contributed by atoms with Crippen molar-refractivity contribution in [2.24, 2.45) is 0 Å². The Kier molecular flexibility index (Phi) is 6.15. The van der Waals surface area contributed by atoms with Gasteiger partial charge in [0.25, 0.3) is 5.91 Å². The molecule has 1 atom stereocenters. The number of aromatic nitrogens is 1. The summed E-state index contributed by atoms with van der Waals surface area (Å²) in [6.07, 6.45) is 6.88. The van der Waals surface area contributed by atoms with Gasteiger partial charge in [-0.1, -0.05) is 6.07 Å². The van der Waals surface area contributed by atoms with Crippen LogP contribution in [0.4, 0.5) is 16.3 Å². The summed E-state index contributed by atoms with van der Waals surface area (Å²) in [5, 5.41) is 0. The summed E-state index contributed by atoms with van der Waals surface area (Å²) < 4.78 is 5.10. The van der Waals surface area contributed by atoms with E-state index in [2.05, 4.69) is 17.2 Å². The first-order valence-electron chi connectivity index (χ1n) is 12.2. The molecule has 0 N–H and O–H groups in total. The Hall–Kier alpha value is -2.80. The van der Waals surface area contributed by atoms with Crippen molar-refractivity contribution in [2.75, 3.05) is 42.6 Å². The zero-order valence-corrected chi connectivity index (χ0v) is 20.3. The molecule has 2 aliphatic heterocycles. The van der Waals surface area contributed by atoms with Crippen LogP contribution in [0.25, 0.3) is 0 Å². The first kappa shape index (κ1) is 23.0. The number of hydrogen-bond acceptors (Lipinski definition) is 5. The Labute approximate surface area is 206 Å². The van der Waals surface area contributed by atoms with Gasteiger partial charge in [-0.3, -0.25) is 9.69 Å². The minimum absolute atomic E-state index is 0. The van der Waals surface area contributed by atoms with Crippen LogP contribution in [0.15, 0.2) is 36.5 Å². The number of piperazine rings is 1. The predicted molar refractivity (Wildman–Crippen MR) is 133 cm³/mol. The molecule has 3 heterocycles. The van der Waals surface area contributed by atoms with E-state index in [-0.39, 0.29) is 30.4 Å². The molecule has 180 valence electrons. The summed E-state index contributed by atoms with van der Waals surface area (Å²) in [7, 11) is 0. The average Bonchev–Trinajstić information content (AvgIpc) is 3.77. The molecule has 34 heavy (non-hydrogen) atoms. The van der Waals surface area contributed by atoms with Crippen molar-refractivity contribution in [3.63, 3.8) is 0 Å². The van der Waals surface area contributed by atoms with Crippen LogP contribution in [-0.2, 0) is 4.74 Å². The molecule has 8 heteroatoms. The van der Waals surface area contributed by atoms with Gasteiger partial charge in [0.1, 0.15) is 12.4 Å². The molecule has 2 aromatic rings. The lowest BCUT2D eigenvalue weighted by Gasteiger charge is -2.36. The molecule has 1 aromatic heterocycles. The van der Waals surface area contributed by atoms with Crippen LogP contribution in [0.1, 0.15) is 65.9 Å². The first-order valence-corrected chi connectivity index (χ1v) is 12.2. The van der Waals surface area contributed by atoms with Crippen molar-refractivity contribution in [1.29, 1.82) is 0 Å². The quantitative estimate of drug-likeness (QED) is 0.624. The van der Waals surface area contributed by atoms with Crippen LogP contribution in [0.2, 0.25) is 0 Å². The normalized spacial score (nSPS) is 22.4. The van der Waals surface area contributed by atoms with E-state index in [1.807, 2.05) is 36.1 Å². The maximum absolute atomic E-state index is 13.1. The van der Waals surface area contributed by atoms with Crippen LogP contribution < -0.4 is 9.80 Å². The molecular weight excluding hydrogens is 452 g/mol. The lowest BCUT2D eigenvalue weighted by molar-refractivity contribution is 0.0746. The molecular formula is C26H31ClN4O3. The van der Waals surface area contributed by atoms with Gasteiger partial charge in [-0.25, -0.2) is 9.78 Å². The van der Waals surface area contributed by atoms with E-state index >= 15 is 0 Å². The van der Waals surface area contributed by atoms with Gasteiger partial charge in [0.05, 0.1) is 6.04 Å². The summed E-state index contributed by atoms with van der Waals surface area (Å²) in [6.45, 7) is 5.32. The third-order valence-corrected chi connectivity index (χ3v) is 7.33. The Morgan fingerprint density at radius 2 is 1.68 bits per heavy atom. The third kappa shape index (κ3) is 4.33. The average molecular weight is 483 g/mol. The highest BCUT2D eigenvalue weighted by Gasteiger charge is 2.34. The van der Waals surface area contributed by atoms with E-state index in [9.17, 15) is 9.59 Å². The fourth-order valence-electron chi connectivity index (χ4n) is 5.03. The maximum atomic E-state index is 13.1. The standard InChI is InChI=1S/C26H30N4O3.ClH/c1-17-16-33-26(32)30(17)22-8-6-20(7-9-22)25(31)29-12-10-28(11-13-29)24-23(19-4-5-19)14-21(15-27-24)18-2-3-18;/h6-9,14-15,17-19H,2-5,10-13,16H2,1H3;1H. The third-order valence-electron chi connectivity index (χ3n) is 7.33. The Morgan fingerprint density at radius 1 is 1.00 bits per heavy atom. The maximum Gasteiger partial charge on any atom is 0.414 e. The molecule has 1 unspecified atom stereocenters. The zero-order chi connectivity index (χ0) is 22.5. The van der Waals surface area contributed by atoms with Gasteiger partial charge in [0.2, 0.25) is 0 Å². The van der Waals surface area contributed by atoms with Gasteiger partial charge in [0.15, 0.2) is 0 Å². The van der Waals surface area contributed by atoms with Crippen LogP contribution >= 0.6 is 12.4 Å². The van der Waals surface area contributed by atoms with Gasteiger partial charge in [0, 0.05) is 43.6 Å². The molecule has 0 bridgehead atoms. The molecule has 4 aliphatic rings. The number of carbonyl (C=O) groups excluding carboxylic acids is 2. The molecule has 1 aromatic carbocycles. The van der Waals surface area contributed by atoms with E-state index < -0.39 is 0 Å². The van der Waals surface area contributed by atoms with Crippen LogP contribution in [0.5, 0.6) is 0 Å². The SMILES string of the molecule is CC1COC(=O)N1c1ccc(C(=O)N2CCN(c3ncc(C4CC4)cc3C3CC3)CC2)cc1.Cl. The van der Waals surface area contributed by atoms with Crippen LogP contribution in [-0.4, -0.2) is 60.7 Å². The molecule has 6 rings (SSSR count). The molecule has 2 saturated heterocycles. The van der Waals surface area contributed by atoms with Crippen molar-refractivity contribution in [1.82, 2.24) is 9.88 Å². The minimum Gasteiger partial charge on any atom is -0.447 e. The summed E-state index contributed by atoms with van der Waals surface area (Å²) in [6, 6.07) is 9.70. The predicted octanol–water partition coefficient (Wildman–Crippen LogP) is 4.57. The monoisotopic (exact) mass is 482 g/mol. The van der Waals surface area contributed by atoms with Crippen molar-refractivity contribution in [3.8, 4) is 0 Å². The van der Waals surface area contributed by atoms with E-state index in [4.69, 9.17) is 9.72 Å². The first-order chi connectivity index (χ1) is 16.1. The summed E-state index contributed by atoms with van der Waals surface area (Å²) >= 11 is 0. The van der Waals surface area contributed by atoms with Gasteiger partial charge < -0.3 is 14.5 Å². The van der Waals surface area contributed by atoms with Crippen LogP contribution in [0, 0.1) is 0 Å². The fraction of sp³-hybridized carbons (Fsp3) is 0.500. The minimum atomic E-state index is -0.331. The lowest BCUT2D eigenvalue weighted by atomic mass is 10.1. The number of cyclic esters (lactones) is 1. The summed E-state index contributed by atoms with van der Waals surface area (Å²) in [5.74, 6) is 2.56. The zero-order valence-electron chi connectivity index (χ0n) is 19.5. The second-order valence-electron chi connectivity index (χ2n) is 9.85. The second kappa shape index (κ2) is 9.10. The number of pyridine rings is 1. The number of rotatable bonds is 5. The van der Waals surface area contributed by atoms with Crippen molar-refractivity contribution in [3.05, 3.63) is 53.2 Å². The lowest BCUT2D eigenvalue weighted by Crippen LogP contribution is -2.49. The second-order valence-corrected chi connectivity index (χ2v) is 9.85. The van der Waals surface area contributed by atoms with Crippen molar-refractivity contribution in [2.45, 2.75) is 50.5 Å². The summed E-state index contributed by atoms with van der Waals surface area (Å²) in [5.41, 5.74) is 4.25. The molecule has 0 radical (unpaired) electrons. The highest BCUT2D eigenvalue weighted by atomic mass is 35.5. The Balaban J connectivity index is 0.00000241. The van der Waals surface area contributed by atoms with Gasteiger partial charge in [-0.15, -0.1) is 12.4 Å². The number of hydrogen-bond donors (Lipinski definition) is 0.